The fraction of sp³-hybridized carbons (Fsp3) is 0.500. The van der Waals surface area contributed by atoms with Gasteiger partial charge in [0.1, 0.15) is 30.2 Å². The molecule has 1 aliphatic heterocycles. The Balaban J connectivity index is 0.00000208. The van der Waals surface area contributed by atoms with Crippen LogP contribution in [0.5, 0.6) is 0 Å². The number of hydrogen-bond acceptors (Lipinski definition) is 10. The van der Waals surface area contributed by atoms with E-state index >= 15 is 0 Å². The van der Waals surface area contributed by atoms with Crippen molar-refractivity contribution in [1.82, 2.24) is 19.5 Å². The van der Waals surface area contributed by atoms with E-state index < -0.39 is 39.0 Å². The second kappa shape index (κ2) is 7.30. The third kappa shape index (κ3) is 3.78. The van der Waals surface area contributed by atoms with Gasteiger partial charge in [0.15, 0.2) is 17.7 Å². The zero-order chi connectivity index (χ0) is 16.8. The van der Waals surface area contributed by atoms with E-state index in [4.69, 9.17) is 15.4 Å². The average Bonchev–Trinajstić information content (AvgIpc) is 3.01. The van der Waals surface area contributed by atoms with Gasteiger partial charge in [0, 0.05) is 0 Å². The molecule has 3 heterocycles. The van der Waals surface area contributed by atoms with Crippen LogP contribution in [-0.4, -0.2) is 59.5 Å². The largest absolute Gasteiger partial charge is 1.00 e. The molecule has 0 bridgehead atoms. The molecule has 0 spiro atoms. The summed E-state index contributed by atoms with van der Waals surface area (Å²) in [5.41, 5.74) is 6.22. The van der Waals surface area contributed by atoms with Crippen molar-refractivity contribution < 1.29 is 63.4 Å². The van der Waals surface area contributed by atoms with Crippen LogP contribution in [0.2, 0.25) is 0 Å². The zero-order valence-corrected chi connectivity index (χ0v) is 15.4. The number of hydrogen-bond donors (Lipinski definition) is 4. The van der Waals surface area contributed by atoms with Crippen molar-refractivity contribution in [3.8, 4) is 0 Å². The number of nitrogens with two attached hydrogens (primary N) is 1. The number of aliphatic hydroxyl groups is 2. The Morgan fingerprint density at radius 2 is 2.08 bits per heavy atom. The molecule has 126 valence electrons. The summed E-state index contributed by atoms with van der Waals surface area (Å²) >= 11 is 0. The van der Waals surface area contributed by atoms with Crippen LogP contribution in [0.1, 0.15) is 6.23 Å². The normalized spacial score (nSPS) is 29.3. The van der Waals surface area contributed by atoms with Crippen LogP contribution in [-0.2, 0) is 13.8 Å². The van der Waals surface area contributed by atoms with Crippen molar-refractivity contribution in [2.24, 2.45) is 0 Å². The van der Waals surface area contributed by atoms with Gasteiger partial charge in [-0.3, -0.25) is 9.13 Å². The van der Waals surface area contributed by atoms with E-state index in [0.29, 0.717) is 0 Å². The van der Waals surface area contributed by atoms with Gasteiger partial charge in [-0.1, -0.05) is 0 Å². The summed E-state index contributed by atoms with van der Waals surface area (Å²) in [7, 11) is -4.97. The van der Waals surface area contributed by atoms with Crippen LogP contribution in [0.15, 0.2) is 12.7 Å². The Morgan fingerprint density at radius 3 is 2.75 bits per heavy atom. The topological polar surface area (TPSA) is 189 Å². The standard InChI is InChI=1S/C10H14N5O7P.Na/c11-8-5-9(13-2-12-8)15(3-14-5)10-7(17)6(16)4(22-10)1-21-23(18,19)20;/h2-4,6-7,10,16-17H,1H2,(H2,11,12,13)(H2,18,19,20);/q;+1/p-1/t4-,6?,7?,10-;/m1./s1. The fourth-order valence-corrected chi connectivity index (χ4v) is 2.66. The summed E-state index contributed by atoms with van der Waals surface area (Å²) in [5.74, 6) is 0.134. The first-order valence-electron chi connectivity index (χ1n) is 6.41. The molecule has 5 N–H and O–H groups in total. The molecule has 3 unspecified atom stereocenters. The molecule has 0 saturated carbocycles. The molecule has 2 aromatic heterocycles. The number of aromatic nitrogens is 4. The molecular weight excluding hydrogens is 356 g/mol. The maximum atomic E-state index is 10.6. The molecule has 1 fully saturated rings. The third-order valence-corrected chi connectivity index (χ3v) is 3.88. The predicted octanol–water partition coefficient (Wildman–Crippen LogP) is -5.49. The van der Waals surface area contributed by atoms with Crippen molar-refractivity contribution in [3.63, 3.8) is 0 Å². The van der Waals surface area contributed by atoms with Gasteiger partial charge in [0.05, 0.1) is 12.9 Å². The van der Waals surface area contributed by atoms with E-state index in [2.05, 4.69) is 19.5 Å². The molecular formula is C10H13N5NaO7P. The monoisotopic (exact) mass is 369 g/mol. The fourth-order valence-electron chi connectivity index (χ4n) is 2.32. The van der Waals surface area contributed by atoms with E-state index in [1.165, 1.54) is 17.2 Å². The Hall–Kier alpha value is -0.660. The minimum atomic E-state index is -4.97. The van der Waals surface area contributed by atoms with Crippen LogP contribution in [0.3, 0.4) is 0 Å². The molecule has 14 heteroatoms. The average molecular weight is 369 g/mol. The van der Waals surface area contributed by atoms with Gasteiger partial charge in [-0.25, -0.2) is 15.0 Å². The van der Waals surface area contributed by atoms with Crippen molar-refractivity contribution in [2.75, 3.05) is 12.3 Å². The summed E-state index contributed by atoms with van der Waals surface area (Å²) in [4.78, 5) is 31.0. The molecule has 0 radical (unpaired) electrons. The van der Waals surface area contributed by atoms with E-state index in [1.54, 1.807) is 0 Å². The van der Waals surface area contributed by atoms with Crippen molar-refractivity contribution in [2.45, 2.75) is 24.5 Å². The first-order chi connectivity index (χ1) is 10.8. The van der Waals surface area contributed by atoms with Crippen molar-refractivity contribution >= 4 is 24.8 Å². The minimum absolute atomic E-state index is 0. The molecule has 24 heavy (non-hydrogen) atoms. The molecule has 2 aromatic rings. The molecule has 3 rings (SSSR count). The van der Waals surface area contributed by atoms with Crippen LogP contribution in [0.4, 0.5) is 5.82 Å². The number of anilines is 1. The number of nitrogens with zero attached hydrogens (tertiary/aromatic N) is 4. The number of phosphoric acid groups is 1. The maximum absolute atomic E-state index is 10.6. The Morgan fingerprint density at radius 1 is 1.38 bits per heavy atom. The number of ether oxygens (including phenoxy) is 1. The number of imidazole rings is 1. The van der Waals surface area contributed by atoms with Gasteiger partial charge in [-0.15, -0.1) is 0 Å². The van der Waals surface area contributed by atoms with E-state index in [0.717, 1.165) is 0 Å². The molecule has 12 nitrogen and oxygen atoms in total. The molecule has 0 amide bonds. The van der Waals surface area contributed by atoms with E-state index in [9.17, 15) is 19.7 Å². The number of aliphatic hydroxyl groups excluding tert-OH is 2. The second-order valence-corrected chi connectivity index (χ2v) is 6.09. The van der Waals surface area contributed by atoms with Gasteiger partial charge in [-0.2, -0.15) is 0 Å². The SMILES string of the molecule is Nc1ncnc2c1ncn2[C@@H]1O[C@H](COP(=O)([O-])O)C(O)C1O.[Na+]. The number of rotatable bonds is 4. The van der Waals surface area contributed by atoms with Gasteiger partial charge >= 0.3 is 29.6 Å². The molecule has 1 saturated heterocycles. The van der Waals surface area contributed by atoms with Crippen molar-refractivity contribution in [1.29, 1.82) is 0 Å². The molecule has 0 aliphatic carbocycles. The van der Waals surface area contributed by atoms with Crippen LogP contribution >= 0.6 is 7.82 Å². The summed E-state index contributed by atoms with van der Waals surface area (Å²) in [6, 6.07) is 0. The third-order valence-electron chi connectivity index (χ3n) is 3.40. The van der Waals surface area contributed by atoms with Crippen LogP contribution < -0.4 is 40.2 Å². The van der Waals surface area contributed by atoms with Gasteiger partial charge in [-0.05, 0) is 0 Å². The Labute approximate surface area is 157 Å². The molecule has 0 aromatic carbocycles. The van der Waals surface area contributed by atoms with Crippen LogP contribution in [0.25, 0.3) is 11.2 Å². The zero-order valence-electron chi connectivity index (χ0n) is 12.5. The van der Waals surface area contributed by atoms with Gasteiger partial charge < -0.3 is 35.0 Å². The first-order valence-corrected chi connectivity index (χ1v) is 7.90. The molecule has 5 atom stereocenters. The summed E-state index contributed by atoms with van der Waals surface area (Å²) in [6.07, 6.45) is -2.62. The molecule has 1 aliphatic rings. The summed E-state index contributed by atoms with van der Waals surface area (Å²) in [5, 5.41) is 20.0. The summed E-state index contributed by atoms with van der Waals surface area (Å²) < 4.78 is 21.5. The number of phosphoric ester groups is 1. The second-order valence-electron chi connectivity index (χ2n) is 4.89. The maximum Gasteiger partial charge on any atom is 1.00 e. The minimum Gasteiger partial charge on any atom is -0.756 e. The summed E-state index contributed by atoms with van der Waals surface area (Å²) in [6.45, 7) is -0.657. The van der Waals surface area contributed by atoms with Gasteiger partial charge in [0.2, 0.25) is 0 Å². The smallest absolute Gasteiger partial charge is 0.756 e. The predicted molar refractivity (Wildman–Crippen MR) is 71.4 cm³/mol. The number of fused-ring (bicyclic) bond motifs is 1. The van der Waals surface area contributed by atoms with E-state index in [-0.39, 0.29) is 46.5 Å². The quantitative estimate of drug-likeness (QED) is 0.297. The number of nitrogen functional groups attached to an aromatic ring is 1. The van der Waals surface area contributed by atoms with Gasteiger partial charge in [0.25, 0.3) is 7.82 Å². The first kappa shape index (κ1) is 19.7. The van der Waals surface area contributed by atoms with E-state index in [1.807, 2.05) is 0 Å². The Bertz CT molecular complexity index is 769. The van der Waals surface area contributed by atoms with Crippen molar-refractivity contribution in [3.05, 3.63) is 12.7 Å². The van der Waals surface area contributed by atoms with Crippen LogP contribution in [0, 0.1) is 0 Å². The Kier molecular flexibility index (Phi) is 5.98.